The van der Waals surface area contributed by atoms with Crippen LogP contribution in [-0.2, 0) is 9.53 Å². The number of aliphatic hydroxyl groups is 2. The maximum atomic E-state index is 11.1. The second kappa shape index (κ2) is 7.20. The largest absolute Gasteiger partial charge is 0.463 e. The summed E-state index contributed by atoms with van der Waals surface area (Å²) in [4.78, 5) is 11.1. The summed E-state index contributed by atoms with van der Waals surface area (Å²) in [6.45, 7) is 5.18. The quantitative estimate of drug-likeness (QED) is 0.403. The molecule has 0 bridgehead atoms. The Hall–Kier alpha value is -1.13. The van der Waals surface area contributed by atoms with Gasteiger partial charge in [-0.05, 0) is 20.8 Å². The number of hydrogen-bond donors (Lipinski definition) is 2. The van der Waals surface area contributed by atoms with E-state index in [9.17, 15) is 9.90 Å². The summed E-state index contributed by atoms with van der Waals surface area (Å²) in [6.07, 6.45) is 2.72. The molecule has 0 aromatic rings. The van der Waals surface area contributed by atoms with Crippen molar-refractivity contribution in [3.63, 3.8) is 0 Å². The van der Waals surface area contributed by atoms with E-state index in [1.165, 1.54) is 25.2 Å². The predicted molar refractivity (Wildman–Crippen MR) is 57.2 cm³/mol. The molecule has 0 aliphatic heterocycles. The van der Waals surface area contributed by atoms with Gasteiger partial charge in [0.25, 0.3) is 0 Å². The summed E-state index contributed by atoms with van der Waals surface area (Å²) in [5.74, 6) is -0.381. The van der Waals surface area contributed by atoms with Gasteiger partial charge in [-0.1, -0.05) is 18.2 Å². The van der Waals surface area contributed by atoms with Crippen LogP contribution in [0.3, 0.4) is 0 Å². The smallest absolute Gasteiger partial charge is 0.333 e. The van der Waals surface area contributed by atoms with Crippen molar-refractivity contribution >= 4 is 5.97 Å². The van der Waals surface area contributed by atoms with Crippen LogP contribution < -0.4 is 0 Å². The van der Waals surface area contributed by atoms with Crippen molar-refractivity contribution in [2.24, 2.45) is 0 Å². The van der Waals surface area contributed by atoms with Gasteiger partial charge in [-0.2, -0.15) is 0 Å². The Labute approximate surface area is 89.9 Å². The second-order valence-corrected chi connectivity index (χ2v) is 3.19. The van der Waals surface area contributed by atoms with E-state index in [0.29, 0.717) is 12.2 Å². The lowest BCUT2D eigenvalue weighted by atomic mass is 10.2. The van der Waals surface area contributed by atoms with Gasteiger partial charge < -0.3 is 14.9 Å². The van der Waals surface area contributed by atoms with E-state index in [4.69, 9.17) is 9.84 Å². The first kappa shape index (κ1) is 13.9. The van der Waals surface area contributed by atoms with Gasteiger partial charge in [0.2, 0.25) is 0 Å². The fourth-order valence-electron chi connectivity index (χ4n) is 0.788. The van der Waals surface area contributed by atoms with Crippen molar-refractivity contribution < 1.29 is 19.7 Å². The Morgan fingerprint density at radius 2 is 2.07 bits per heavy atom. The molecule has 0 rings (SSSR count). The van der Waals surface area contributed by atoms with Crippen molar-refractivity contribution in [2.45, 2.75) is 33.0 Å². The van der Waals surface area contributed by atoms with Gasteiger partial charge in [0.05, 0.1) is 18.8 Å². The van der Waals surface area contributed by atoms with Gasteiger partial charge in [-0.3, -0.25) is 0 Å². The molecule has 0 aliphatic carbocycles. The third-order valence-corrected chi connectivity index (χ3v) is 1.75. The number of esters is 1. The Kier molecular flexibility index (Phi) is 6.66. The molecule has 0 spiro atoms. The van der Waals surface area contributed by atoms with Crippen LogP contribution in [0.25, 0.3) is 0 Å². The Bertz CT molecular complexity index is 253. The molecule has 15 heavy (non-hydrogen) atoms. The maximum absolute atomic E-state index is 11.1. The number of rotatable bonds is 5. The molecule has 86 valence electrons. The van der Waals surface area contributed by atoms with E-state index in [0.717, 1.165) is 0 Å². The standard InChI is InChI=1S/C11H18O4/c1-4-15-11(14)8(2)6-5-7-10(13)9(3)12/h5-7,9-10,12-13H,4H2,1-3H3. The molecule has 2 N–H and O–H groups in total. The van der Waals surface area contributed by atoms with Gasteiger partial charge in [-0.25, -0.2) is 4.79 Å². The Morgan fingerprint density at radius 1 is 1.47 bits per heavy atom. The van der Waals surface area contributed by atoms with E-state index in [1.807, 2.05) is 0 Å². The fraction of sp³-hybridized carbons (Fsp3) is 0.545. The van der Waals surface area contributed by atoms with Crippen molar-refractivity contribution in [3.8, 4) is 0 Å². The molecule has 4 heteroatoms. The zero-order valence-corrected chi connectivity index (χ0v) is 9.30. The number of hydrogen-bond acceptors (Lipinski definition) is 4. The van der Waals surface area contributed by atoms with E-state index in [-0.39, 0.29) is 5.97 Å². The molecular weight excluding hydrogens is 196 g/mol. The van der Waals surface area contributed by atoms with Gasteiger partial charge in [0.15, 0.2) is 0 Å². The zero-order chi connectivity index (χ0) is 11.8. The zero-order valence-electron chi connectivity index (χ0n) is 9.30. The Balaban J connectivity index is 4.21. The maximum Gasteiger partial charge on any atom is 0.333 e. The van der Waals surface area contributed by atoms with E-state index in [1.54, 1.807) is 13.8 Å². The number of carbonyl (C=O) groups excluding carboxylic acids is 1. The SMILES string of the molecule is CCOC(=O)C(C)=CC=CC(O)C(C)O. The molecule has 0 saturated heterocycles. The average Bonchev–Trinajstić information content (AvgIpc) is 2.17. The van der Waals surface area contributed by atoms with Gasteiger partial charge in [-0.15, -0.1) is 0 Å². The van der Waals surface area contributed by atoms with Crippen molar-refractivity contribution in [2.75, 3.05) is 6.61 Å². The normalized spacial score (nSPS) is 16.5. The van der Waals surface area contributed by atoms with Crippen molar-refractivity contribution in [1.29, 1.82) is 0 Å². The highest BCUT2D eigenvalue weighted by Gasteiger charge is 2.05. The highest BCUT2D eigenvalue weighted by molar-refractivity contribution is 5.88. The first-order chi connectivity index (χ1) is 6.99. The molecule has 0 radical (unpaired) electrons. The van der Waals surface area contributed by atoms with Crippen molar-refractivity contribution in [1.82, 2.24) is 0 Å². The topological polar surface area (TPSA) is 66.8 Å². The molecule has 2 atom stereocenters. The summed E-state index contributed by atoms with van der Waals surface area (Å²) in [5.41, 5.74) is 0.450. The summed E-state index contributed by atoms with van der Waals surface area (Å²) in [5, 5.41) is 18.2. The van der Waals surface area contributed by atoms with Crippen LogP contribution in [0.5, 0.6) is 0 Å². The fourth-order valence-corrected chi connectivity index (χ4v) is 0.788. The van der Waals surface area contributed by atoms with Gasteiger partial charge in [0, 0.05) is 5.57 Å². The second-order valence-electron chi connectivity index (χ2n) is 3.19. The molecule has 0 saturated carbocycles. The number of aliphatic hydroxyl groups excluding tert-OH is 2. The first-order valence-electron chi connectivity index (χ1n) is 4.87. The lowest BCUT2D eigenvalue weighted by Gasteiger charge is -2.06. The number of allylic oxidation sites excluding steroid dienone is 2. The van der Waals surface area contributed by atoms with Crippen molar-refractivity contribution in [3.05, 3.63) is 23.8 Å². The highest BCUT2D eigenvalue weighted by atomic mass is 16.5. The molecule has 2 unspecified atom stereocenters. The predicted octanol–water partition coefficient (Wildman–Crippen LogP) is 0.794. The van der Waals surface area contributed by atoms with Crippen LogP contribution in [-0.4, -0.2) is 35.0 Å². The van der Waals surface area contributed by atoms with Gasteiger partial charge in [0.1, 0.15) is 0 Å². The summed E-state index contributed by atoms with van der Waals surface area (Å²) in [7, 11) is 0. The molecule has 0 heterocycles. The molecule has 0 fully saturated rings. The summed E-state index contributed by atoms with van der Waals surface area (Å²) < 4.78 is 4.76. The minimum atomic E-state index is -0.920. The minimum Gasteiger partial charge on any atom is -0.463 e. The highest BCUT2D eigenvalue weighted by Crippen LogP contribution is 1.99. The molecular formula is C11H18O4. The number of carbonyl (C=O) groups is 1. The van der Waals surface area contributed by atoms with E-state index < -0.39 is 12.2 Å². The van der Waals surface area contributed by atoms with Gasteiger partial charge >= 0.3 is 5.97 Å². The molecule has 0 amide bonds. The van der Waals surface area contributed by atoms with Crippen LogP contribution in [0, 0.1) is 0 Å². The number of ether oxygens (including phenoxy) is 1. The molecule has 4 nitrogen and oxygen atoms in total. The summed E-state index contributed by atoms with van der Waals surface area (Å²) >= 11 is 0. The third kappa shape index (κ3) is 6.04. The lowest BCUT2D eigenvalue weighted by Crippen LogP contribution is -2.19. The van der Waals surface area contributed by atoms with E-state index in [2.05, 4.69) is 0 Å². The average molecular weight is 214 g/mol. The molecule has 0 aromatic heterocycles. The first-order valence-corrected chi connectivity index (χ1v) is 4.87. The van der Waals surface area contributed by atoms with Crippen LogP contribution in [0.4, 0.5) is 0 Å². The molecule has 0 aromatic carbocycles. The van der Waals surface area contributed by atoms with Crippen LogP contribution >= 0.6 is 0 Å². The minimum absolute atomic E-state index is 0.337. The van der Waals surface area contributed by atoms with Crippen LogP contribution in [0.15, 0.2) is 23.8 Å². The lowest BCUT2D eigenvalue weighted by molar-refractivity contribution is -0.138. The summed E-state index contributed by atoms with van der Waals surface area (Å²) in [6, 6.07) is 0. The monoisotopic (exact) mass is 214 g/mol. The molecule has 0 aliphatic rings. The Morgan fingerprint density at radius 3 is 2.53 bits per heavy atom. The third-order valence-electron chi connectivity index (χ3n) is 1.75. The van der Waals surface area contributed by atoms with Crippen LogP contribution in [0.2, 0.25) is 0 Å². The van der Waals surface area contributed by atoms with E-state index >= 15 is 0 Å². The van der Waals surface area contributed by atoms with Crippen LogP contribution in [0.1, 0.15) is 20.8 Å².